The molecule has 0 aliphatic heterocycles. The van der Waals surface area contributed by atoms with Crippen LogP contribution in [0.2, 0.25) is 0 Å². The zero-order valence-corrected chi connectivity index (χ0v) is 6.18. The molecule has 5 heteroatoms. The minimum atomic E-state index is -2.33. The van der Waals surface area contributed by atoms with Crippen molar-refractivity contribution in [3.8, 4) is 0 Å². The summed E-state index contributed by atoms with van der Waals surface area (Å²) in [6.07, 6.45) is -2.33. The average Bonchev–Trinajstić information content (AvgIpc) is 0.811. The van der Waals surface area contributed by atoms with Crippen LogP contribution in [-0.4, -0.2) is 6.16 Å². The molecule has 0 bridgehead atoms. The molecular weight excluding hydrogens is 139 g/mol. The van der Waals surface area contributed by atoms with Gasteiger partial charge in [-0.05, 0) is 6.16 Å². The van der Waals surface area contributed by atoms with Gasteiger partial charge in [0.2, 0.25) is 0 Å². The van der Waals surface area contributed by atoms with Gasteiger partial charge in [0.25, 0.3) is 0 Å². The van der Waals surface area contributed by atoms with Gasteiger partial charge < -0.3 is 15.0 Å². The molecule has 0 saturated heterocycles. The third-order valence-corrected chi connectivity index (χ3v) is 0. The van der Waals surface area contributed by atoms with E-state index in [4.69, 9.17) is 15.0 Å². The van der Waals surface area contributed by atoms with E-state index < -0.39 is 6.16 Å². The van der Waals surface area contributed by atoms with Crippen LogP contribution >= 0.6 is 0 Å². The van der Waals surface area contributed by atoms with E-state index in [1.165, 1.54) is 0 Å². The Bertz CT molecular complexity index is 33.8. The Balaban J connectivity index is -0.0000000450. The number of hydrogen-bond donors (Lipinski definition) is 0. The van der Waals surface area contributed by atoms with E-state index in [0.717, 1.165) is 0 Å². The van der Waals surface area contributed by atoms with Gasteiger partial charge in [-0.2, -0.15) is 0 Å². The first-order valence-electron chi connectivity index (χ1n) is 0.612. The fourth-order valence-corrected chi connectivity index (χ4v) is 0. The van der Waals surface area contributed by atoms with E-state index in [1.807, 2.05) is 0 Å². The van der Waals surface area contributed by atoms with Gasteiger partial charge in [-0.3, -0.25) is 0 Å². The molecule has 0 spiro atoms. The molecule has 0 fully saturated rings. The van der Waals surface area contributed by atoms with E-state index in [9.17, 15) is 0 Å². The van der Waals surface area contributed by atoms with E-state index in [-0.39, 0.29) is 46.6 Å². The molecule has 0 atom stereocenters. The Hall–Kier alpha value is 0.789. The zero-order chi connectivity index (χ0) is 3.58. The molecule has 0 aliphatic rings. The summed E-state index contributed by atoms with van der Waals surface area (Å²) in [4.78, 5) is 8.33. The Morgan fingerprint density at radius 2 is 1.33 bits per heavy atom. The van der Waals surface area contributed by atoms with Crippen LogP contribution in [0.4, 0.5) is 4.79 Å². The molecule has 0 N–H and O–H groups in total. The van der Waals surface area contributed by atoms with E-state index >= 15 is 0 Å². The summed E-state index contributed by atoms with van der Waals surface area (Å²) in [6.45, 7) is 0. The number of hydrogen-bond acceptors (Lipinski definition) is 3. The number of carboxylic acid groups (broad SMARTS) is 2. The molecule has 0 amide bonds. The number of carbonyl (C=O) groups is 1. The fraction of sp³-hybridized carbons (Fsp3) is 0. The van der Waals surface area contributed by atoms with Gasteiger partial charge >= 0.3 is 46.6 Å². The number of rotatable bonds is 0. The Kier molecular flexibility index (Phi) is 24.4. The van der Waals surface area contributed by atoms with Crippen molar-refractivity contribution in [3.63, 3.8) is 0 Å². The maximum absolute atomic E-state index is 8.33. The molecule has 0 aliphatic carbocycles. The first-order chi connectivity index (χ1) is 1.73. The standard InChI is InChI=1S/CH2O3.Fe.Na/c2-1(3)4;;/h(H2,2,3,4);;/q;+2;+1/p-2. The van der Waals surface area contributed by atoms with Crippen molar-refractivity contribution in [1.82, 2.24) is 0 Å². The summed E-state index contributed by atoms with van der Waals surface area (Å²) in [5.41, 5.74) is 0. The molecule has 3 nitrogen and oxygen atoms in total. The molecule has 0 saturated carbocycles. The van der Waals surface area contributed by atoms with Crippen LogP contribution in [0.5, 0.6) is 0 Å². The smallest absolute Gasteiger partial charge is 0.652 e. The summed E-state index contributed by atoms with van der Waals surface area (Å²) >= 11 is 0. The average molecular weight is 139 g/mol. The molecule has 0 heterocycles. The van der Waals surface area contributed by atoms with Crippen molar-refractivity contribution in [1.29, 1.82) is 0 Å². The van der Waals surface area contributed by atoms with Crippen LogP contribution in [0.25, 0.3) is 0 Å². The van der Waals surface area contributed by atoms with Crippen LogP contribution in [0.3, 0.4) is 0 Å². The van der Waals surface area contributed by atoms with Crippen LogP contribution in [0, 0.1) is 0 Å². The molecule has 0 aromatic rings. The molecular formula is CFeNaO3+. The molecule has 0 aromatic heterocycles. The maximum atomic E-state index is 8.33. The molecule has 0 rings (SSSR count). The first kappa shape index (κ1) is 15.8. The monoisotopic (exact) mass is 139 g/mol. The Morgan fingerprint density at radius 3 is 1.33 bits per heavy atom. The second-order valence-corrected chi connectivity index (χ2v) is 0.250. The predicted octanol–water partition coefficient (Wildman–Crippen LogP) is -5.45. The van der Waals surface area contributed by atoms with Gasteiger partial charge in [0.1, 0.15) is 0 Å². The molecule has 0 unspecified atom stereocenters. The number of carbonyl (C=O) groups excluding carboxylic acids is 1. The molecule has 6 heavy (non-hydrogen) atoms. The SMILES string of the molecule is O=C([O-])[O-].[Fe+2].[Na+]. The van der Waals surface area contributed by atoms with Crippen LogP contribution in [0.15, 0.2) is 0 Å². The van der Waals surface area contributed by atoms with Gasteiger partial charge in [-0.1, -0.05) is 0 Å². The Morgan fingerprint density at radius 1 is 1.33 bits per heavy atom. The van der Waals surface area contributed by atoms with Crippen LogP contribution < -0.4 is 39.8 Å². The molecule has 30 valence electrons. The minimum absolute atomic E-state index is 0. The van der Waals surface area contributed by atoms with Crippen molar-refractivity contribution in [2.45, 2.75) is 0 Å². The minimum Gasteiger partial charge on any atom is -0.652 e. The fourth-order valence-electron chi connectivity index (χ4n) is 0. The quantitative estimate of drug-likeness (QED) is 0.314. The first-order valence-corrected chi connectivity index (χ1v) is 0.612. The van der Waals surface area contributed by atoms with Gasteiger partial charge in [0.05, 0.1) is 0 Å². The third kappa shape index (κ3) is 110. The van der Waals surface area contributed by atoms with Crippen molar-refractivity contribution in [2.24, 2.45) is 0 Å². The third-order valence-electron chi connectivity index (χ3n) is 0. The summed E-state index contributed by atoms with van der Waals surface area (Å²) in [6, 6.07) is 0. The van der Waals surface area contributed by atoms with E-state index in [1.54, 1.807) is 0 Å². The second kappa shape index (κ2) is 9.25. The van der Waals surface area contributed by atoms with Crippen molar-refractivity contribution >= 4 is 6.16 Å². The molecule has 0 radical (unpaired) electrons. The predicted molar refractivity (Wildman–Crippen MR) is 5.40 cm³/mol. The Labute approximate surface area is 67.5 Å². The van der Waals surface area contributed by atoms with Gasteiger partial charge in [-0.15, -0.1) is 0 Å². The largest absolute Gasteiger partial charge is 2.00 e. The van der Waals surface area contributed by atoms with Gasteiger partial charge in [-0.25, -0.2) is 0 Å². The van der Waals surface area contributed by atoms with Gasteiger partial charge in [0.15, 0.2) is 0 Å². The van der Waals surface area contributed by atoms with E-state index in [0.29, 0.717) is 0 Å². The summed E-state index contributed by atoms with van der Waals surface area (Å²) < 4.78 is 0. The van der Waals surface area contributed by atoms with Gasteiger partial charge in [0, 0.05) is 0 Å². The van der Waals surface area contributed by atoms with Crippen molar-refractivity contribution < 1.29 is 61.6 Å². The van der Waals surface area contributed by atoms with Crippen molar-refractivity contribution in [3.05, 3.63) is 0 Å². The van der Waals surface area contributed by atoms with Crippen molar-refractivity contribution in [2.75, 3.05) is 0 Å². The van der Waals surface area contributed by atoms with Crippen LogP contribution in [-0.2, 0) is 17.1 Å². The topological polar surface area (TPSA) is 63.2 Å². The molecule has 0 aromatic carbocycles. The normalized spacial score (nSPS) is 4.00. The summed E-state index contributed by atoms with van der Waals surface area (Å²) in [5.74, 6) is 0. The summed E-state index contributed by atoms with van der Waals surface area (Å²) in [5, 5.41) is 16.7. The maximum Gasteiger partial charge on any atom is 2.00 e. The van der Waals surface area contributed by atoms with Crippen LogP contribution in [0.1, 0.15) is 0 Å². The van der Waals surface area contributed by atoms with E-state index in [2.05, 4.69) is 0 Å². The zero-order valence-electron chi connectivity index (χ0n) is 3.08. The second-order valence-electron chi connectivity index (χ2n) is 0.250. The summed E-state index contributed by atoms with van der Waals surface area (Å²) in [7, 11) is 0.